The van der Waals surface area contributed by atoms with Gasteiger partial charge in [-0.2, -0.15) is 0 Å². The number of nitrogens with two attached hydrogens (primary N) is 1. The lowest BCUT2D eigenvalue weighted by atomic mass is 10.0. The molecule has 2 aromatic rings. The zero-order valence-corrected chi connectivity index (χ0v) is 10.9. The van der Waals surface area contributed by atoms with Crippen molar-refractivity contribution in [3.63, 3.8) is 0 Å². The van der Waals surface area contributed by atoms with Crippen molar-refractivity contribution >= 4 is 0 Å². The number of benzene rings is 1. The van der Waals surface area contributed by atoms with Crippen LogP contribution >= 0.6 is 0 Å². The quantitative estimate of drug-likeness (QED) is 0.888. The molecule has 0 atom stereocenters. The van der Waals surface area contributed by atoms with E-state index in [9.17, 15) is 0 Å². The van der Waals surface area contributed by atoms with Crippen LogP contribution in [0.4, 0.5) is 0 Å². The van der Waals surface area contributed by atoms with E-state index >= 15 is 0 Å². The Bertz CT molecular complexity index is 528. The molecule has 1 aromatic carbocycles. The van der Waals surface area contributed by atoms with E-state index < -0.39 is 5.54 Å². The number of hydrogen-bond acceptors (Lipinski definition) is 4. The molecular formula is C13H18N4O. The van der Waals surface area contributed by atoms with Crippen molar-refractivity contribution in [3.05, 3.63) is 41.7 Å². The van der Waals surface area contributed by atoms with Gasteiger partial charge in [0.15, 0.2) is 0 Å². The van der Waals surface area contributed by atoms with Crippen molar-refractivity contribution in [1.29, 1.82) is 0 Å². The number of aromatic nitrogens is 3. The van der Waals surface area contributed by atoms with E-state index in [1.54, 1.807) is 11.8 Å². The molecule has 18 heavy (non-hydrogen) atoms. The summed E-state index contributed by atoms with van der Waals surface area (Å²) in [5, 5.41) is 8.16. The molecule has 0 bridgehead atoms. The Morgan fingerprint density at radius 2 is 2.17 bits per heavy atom. The van der Waals surface area contributed by atoms with Crippen LogP contribution in [0.5, 0.6) is 5.75 Å². The van der Waals surface area contributed by atoms with E-state index in [1.165, 1.54) is 0 Å². The highest BCUT2D eigenvalue weighted by Gasteiger charge is 2.18. The van der Waals surface area contributed by atoms with Crippen molar-refractivity contribution in [2.45, 2.75) is 25.9 Å². The molecule has 0 saturated heterocycles. The summed E-state index contributed by atoms with van der Waals surface area (Å²) in [6, 6.07) is 7.88. The Balaban J connectivity index is 2.16. The maximum atomic E-state index is 5.97. The topological polar surface area (TPSA) is 66.0 Å². The molecule has 0 unspecified atom stereocenters. The Hall–Kier alpha value is -1.88. The van der Waals surface area contributed by atoms with Crippen molar-refractivity contribution < 1.29 is 4.74 Å². The van der Waals surface area contributed by atoms with Gasteiger partial charge in [0.25, 0.3) is 0 Å². The van der Waals surface area contributed by atoms with Gasteiger partial charge >= 0.3 is 0 Å². The van der Waals surface area contributed by atoms with Crippen molar-refractivity contribution in [1.82, 2.24) is 15.0 Å². The molecule has 1 aromatic heterocycles. The van der Waals surface area contributed by atoms with Crippen molar-refractivity contribution in [2.24, 2.45) is 5.73 Å². The van der Waals surface area contributed by atoms with E-state index in [1.807, 2.05) is 44.3 Å². The molecule has 1 heterocycles. The van der Waals surface area contributed by atoms with Gasteiger partial charge in [0.2, 0.25) is 0 Å². The van der Waals surface area contributed by atoms with Crippen LogP contribution in [0.15, 0.2) is 30.5 Å². The van der Waals surface area contributed by atoms with Gasteiger partial charge in [-0.15, -0.1) is 5.10 Å². The minimum Gasteiger partial charge on any atom is -0.497 e. The Morgan fingerprint density at radius 3 is 2.78 bits per heavy atom. The van der Waals surface area contributed by atoms with Crippen LogP contribution in [0.3, 0.4) is 0 Å². The smallest absolute Gasteiger partial charge is 0.119 e. The Kier molecular flexibility index (Phi) is 3.34. The summed E-state index contributed by atoms with van der Waals surface area (Å²) in [4.78, 5) is 0. The molecule has 0 aliphatic carbocycles. The molecule has 96 valence electrons. The molecule has 0 spiro atoms. The molecule has 0 aliphatic rings. The second-order valence-corrected chi connectivity index (χ2v) is 4.87. The third-order valence-corrected chi connectivity index (χ3v) is 2.68. The Labute approximate surface area is 107 Å². The van der Waals surface area contributed by atoms with Crippen LogP contribution in [0, 0.1) is 0 Å². The summed E-state index contributed by atoms with van der Waals surface area (Å²) in [6.07, 6.45) is 1.87. The maximum absolute atomic E-state index is 5.97. The van der Waals surface area contributed by atoms with Crippen LogP contribution in [0.1, 0.15) is 25.1 Å². The minimum absolute atomic E-state index is 0.466. The minimum atomic E-state index is -0.466. The van der Waals surface area contributed by atoms with Gasteiger partial charge in [0.1, 0.15) is 11.4 Å². The molecule has 0 aliphatic heterocycles. The molecule has 0 fully saturated rings. The molecule has 2 rings (SSSR count). The fourth-order valence-electron chi connectivity index (χ4n) is 1.63. The van der Waals surface area contributed by atoms with E-state index in [0.29, 0.717) is 6.54 Å². The lowest BCUT2D eigenvalue weighted by molar-refractivity contribution is 0.414. The summed E-state index contributed by atoms with van der Waals surface area (Å²) in [7, 11) is 1.66. The van der Waals surface area contributed by atoms with Crippen LogP contribution in [0.2, 0.25) is 0 Å². The highest BCUT2D eigenvalue weighted by molar-refractivity contribution is 5.28. The van der Waals surface area contributed by atoms with Crippen LogP contribution < -0.4 is 10.5 Å². The van der Waals surface area contributed by atoms with Crippen LogP contribution in [-0.2, 0) is 12.1 Å². The monoisotopic (exact) mass is 246 g/mol. The predicted molar refractivity (Wildman–Crippen MR) is 69.3 cm³/mol. The van der Waals surface area contributed by atoms with Gasteiger partial charge in [0.05, 0.1) is 25.4 Å². The molecule has 0 saturated carbocycles. The maximum Gasteiger partial charge on any atom is 0.119 e. The standard InChI is InChI=1S/C13H18N4O/c1-13(2,14)12-9-17(16-15-12)8-10-5-4-6-11(7-10)18-3/h4-7,9H,8,14H2,1-3H3. The molecule has 0 amide bonds. The molecule has 5 nitrogen and oxygen atoms in total. The average Bonchev–Trinajstić information content (AvgIpc) is 2.77. The number of hydrogen-bond donors (Lipinski definition) is 1. The fourth-order valence-corrected chi connectivity index (χ4v) is 1.63. The van der Waals surface area contributed by atoms with Gasteiger partial charge in [0, 0.05) is 0 Å². The molecular weight excluding hydrogens is 228 g/mol. The zero-order valence-electron chi connectivity index (χ0n) is 10.9. The van der Waals surface area contributed by atoms with Gasteiger partial charge in [-0.05, 0) is 31.5 Å². The van der Waals surface area contributed by atoms with Gasteiger partial charge in [-0.1, -0.05) is 17.3 Å². The first-order valence-electron chi connectivity index (χ1n) is 5.81. The normalized spacial score (nSPS) is 11.6. The number of rotatable bonds is 4. The SMILES string of the molecule is COc1cccc(Cn2cc(C(C)(C)N)nn2)c1. The third-order valence-electron chi connectivity index (χ3n) is 2.68. The first-order chi connectivity index (χ1) is 8.49. The van der Waals surface area contributed by atoms with E-state index in [0.717, 1.165) is 17.0 Å². The first kappa shape index (κ1) is 12.6. The van der Waals surface area contributed by atoms with Gasteiger partial charge in [-0.25, -0.2) is 4.68 Å². The lowest BCUT2D eigenvalue weighted by Crippen LogP contribution is -2.29. The average molecular weight is 246 g/mol. The number of nitrogens with zero attached hydrogens (tertiary/aromatic N) is 3. The number of methoxy groups -OCH3 is 1. The highest BCUT2D eigenvalue weighted by atomic mass is 16.5. The highest BCUT2D eigenvalue weighted by Crippen LogP contribution is 2.15. The second kappa shape index (κ2) is 4.78. The van der Waals surface area contributed by atoms with Crippen LogP contribution in [-0.4, -0.2) is 22.1 Å². The van der Waals surface area contributed by atoms with Gasteiger partial charge < -0.3 is 10.5 Å². The summed E-state index contributed by atoms with van der Waals surface area (Å²) in [5.41, 5.74) is 7.40. The predicted octanol–water partition coefficient (Wildman–Crippen LogP) is 1.53. The van der Waals surface area contributed by atoms with E-state index in [-0.39, 0.29) is 0 Å². The summed E-state index contributed by atoms with van der Waals surface area (Å²) >= 11 is 0. The van der Waals surface area contributed by atoms with Crippen LogP contribution in [0.25, 0.3) is 0 Å². The largest absolute Gasteiger partial charge is 0.497 e. The van der Waals surface area contributed by atoms with Crippen molar-refractivity contribution in [2.75, 3.05) is 7.11 Å². The summed E-state index contributed by atoms with van der Waals surface area (Å²) in [6.45, 7) is 4.47. The molecule has 0 radical (unpaired) electrons. The molecule has 5 heteroatoms. The van der Waals surface area contributed by atoms with Gasteiger partial charge in [-0.3, -0.25) is 0 Å². The van der Waals surface area contributed by atoms with E-state index in [2.05, 4.69) is 10.3 Å². The van der Waals surface area contributed by atoms with E-state index in [4.69, 9.17) is 10.5 Å². The number of ether oxygens (including phenoxy) is 1. The fraction of sp³-hybridized carbons (Fsp3) is 0.385. The lowest BCUT2D eigenvalue weighted by Gasteiger charge is -2.13. The molecule has 2 N–H and O–H groups in total. The Morgan fingerprint density at radius 1 is 1.39 bits per heavy atom. The summed E-state index contributed by atoms with van der Waals surface area (Å²) in [5.74, 6) is 0.840. The third kappa shape index (κ3) is 2.87. The summed E-state index contributed by atoms with van der Waals surface area (Å²) < 4.78 is 6.96. The first-order valence-corrected chi connectivity index (χ1v) is 5.81. The second-order valence-electron chi connectivity index (χ2n) is 4.87. The zero-order chi connectivity index (χ0) is 13.2. The van der Waals surface area contributed by atoms with Crippen molar-refractivity contribution in [3.8, 4) is 5.75 Å².